The standard InChI is InChI=1S/C21H20N2O2/c1-23(21(24)19-13-18(19)15-8-4-2-5-9-15)14-17-12-20(22-25-17)16-10-6-3-7-11-16/h2-12,18-19H,13-14H2,1H3/t18-,19+/m0/s1. The van der Waals surface area contributed by atoms with E-state index in [0.717, 1.165) is 17.7 Å². The van der Waals surface area contributed by atoms with E-state index < -0.39 is 0 Å². The predicted molar refractivity (Wildman–Crippen MR) is 95.7 cm³/mol. The number of nitrogens with zero attached hydrogens (tertiary/aromatic N) is 2. The quantitative estimate of drug-likeness (QED) is 0.706. The first-order valence-electron chi connectivity index (χ1n) is 8.53. The van der Waals surface area contributed by atoms with Crippen LogP contribution >= 0.6 is 0 Å². The fraction of sp³-hybridized carbons (Fsp3) is 0.238. The van der Waals surface area contributed by atoms with Gasteiger partial charge in [-0.25, -0.2) is 0 Å². The van der Waals surface area contributed by atoms with E-state index in [-0.39, 0.29) is 11.8 Å². The van der Waals surface area contributed by atoms with Gasteiger partial charge in [0.2, 0.25) is 5.91 Å². The zero-order valence-corrected chi connectivity index (χ0v) is 14.1. The Morgan fingerprint density at radius 3 is 2.52 bits per heavy atom. The molecular formula is C21H20N2O2. The molecule has 1 saturated carbocycles. The second-order valence-corrected chi connectivity index (χ2v) is 6.60. The molecule has 0 saturated heterocycles. The summed E-state index contributed by atoms with van der Waals surface area (Å²) in [6.45, 7) is 0.441. The summed E-state index contributed by atoms with van der Waals surface area (Å²) in [7, 11) is 1.83. The van der Waals surface area contributed by atoms with Crippen LogP contribution in [0, 0.1) is 5.92 Å². The van der Waals surface area contributed by atoms with Crippen LogP contribution in [-0.4, -0.2) is 23.0 Å². The molecule has 1 fully saturated rings. The smallest absolute Gasteiger partial charge is 0.226 e. The number of amides is 1. The number of aromatic nitrogens is 1. The Morgan fingerprint density at radius 2 is 1.80 bits per heavy atom. The van der Waals surface area contributed by atoms with Crippen LogP contribution in [0.25, 0.3) is 11.3 Å². The first-order valence-corrected chi connectivity index (χ1v) is 8.53. The van der Waals surface area contributed by atoms with Gasteiger partial charge in [0.05, 0.1) is 6.54 Å². The van der Waals surface area contributed by atoms with Gasteiger partial charge >= 0.3 is 0 Å². The molecule has 0 unspecified atom stereocenters. The van der Waals surface area contributed by atoms with Crippen LogP contribution in [0.15, 0.2) is 71.3 Å². The van der Waals surface area contributed by atoms with E-state index in [9.17, 15) is 4.79 Å². The second-order valence-electron chi connectivity index (χ2n) is 6.60. The van der Waals surface area contributed by atoms with Gasteiger partial charge in [0.15, 0.2) is 5.76 Å². The Balaban J connectivity index is 1.39. The van der Waals surface area contributed by atoms with Crippen molar-refractivity contribution in [2.75, 3.05) is 7.05 Å². The summed E-state index contributed by atoms with van der Waals surface area (Å²) in [6.07, 6.45) is 0.929. The van der Waals surface area contributed by atoms with E-state index in [2.05, 4.69) is 17.3 Å². The lowest BCUT2D eigenvalue weighted by molar-refractivity contribution is -0.132. The minimum Gasteiger partial charge on any atom is -0.359 e. The van der Waals surface area contributed by atoms with Crippen LogP contribution in [0.3, 0.4) is 0 Å². The third kappa shape index (κ3) is 3.33. The number of carbonyl (C=O) groups excluding carboxylic acids is 1. The fourth-order valence-corrected chi connectivity index (χ4v) is 3.26. The Hall–Kier alpha value is -2.88. The summed E-state index contributed by atoms with van der Waals surface area (Å²) in [6, 6.07) is 22.0. The number of hydrogen-bond donors (Lipinski definition) is 0. The van der Waals surface area contributed by atoms with E-state index in [1.165, 1.54) is 5.56 Å². The lowest BCUT2D eigenvalue weighted by Gasteiger charge is -2.15. The fourth-order valence-electron chi connectivity index (χ4n) is 3.26. The van der Waals surface area contributed by atoms with Gasteiger partial charge in [-0.2, -0.15) is 0 Å². The van der Waals surface area contributed by atoms with Crippen LogP contribution in [0.4, 0.5) is 0 Å². The largest absolute Gasteiger partial charge is 0.359 e. The van der Waals surface area contributed by atoms with Crippen molar-refractivity contribution in [1.82, 2.24) is 10.1 Å². The van der Waals surface area contributed by atoms with Gasteiger partial charge in [-0.3, -0.25) is 4.79 Å². The lowest BCUT2D eigenvalue weighted by Crippen LogP contribution is -2.27. The van der Waals surface area contributed by atoms with E-state index in [0.29, 0.717) is 18.2 Å². The predicted octanol–water partition coefficient (Wildman–Crippen LogP) is 4.10. The Kier molecular flexibility index (Phi) is 4.10. The Bertz CT molecular complexity index is 858. The number of hydrogen-bond acceptors (Lipinski definition) is 3. The van der Waals surface area contributed by atoms with Crippen LogP contribution in [-0.2, 0) is 11.3 Å². The molecule has 4 nitrogen and oxygen atoms in total. The summed E-state index contributed by atoms with van der Waals surface area (Å²) in [4.78, 5) is 14.4. The van der Waals surface area contributed by atoms with Crippen molar-refractivity contribution in [3.05, 3.63) is 78.1 Å². The number of rotatable bonds is 5. The molecule has 1 aliphatic rings. The Morgan fingerprint density at radius 1 is 1.12 bits per heavy atom. The number of benzene rings is 2. The van der Waals surface area contributed by atoms with Crippen LogP contribution in [0.1, 0.15) is 23.7 Å². The van der Waals surface area contributed by atoms with Crippen molar-refractivity contribution in [1.29, 1.82) is 0 Å². The van der Waals surface area contributed by atoms with Gasteiger partial charge < -0.3 is 9.42 Å². The van der Waals surface area contributed by atoms with E-state index >= 15 is 0 Å². The molecule has 1 amide bonds. The topological polar surface area (TPSA) is 46.3 Å². The summed E-state index contributed by atoms with van der Waals surface area (Å²) >= 11 is 0. The minimum absolute atomic E-state index is 0.0870. The molecule has 25 heavy (non-hydrogen) atoms. The van der Waals surface area contributed by atoms with Crippen molar-refractivity contribution in [3.8, 4) is 11.3 Å². The molecule has 0 bridgehead atoms. The minimum atomic E-state index is 0.0870. The van der Waals surface area contributed by atoms with Gasteiger partial charge in [0.1, 0.15) is 5.69 Å². The molecule has 4 heteroatoms. The summed E-state index contributed by atoms with van der Waals surface area (Å²) < 4.78 is 5.41. The average Bonchev–Trinajstić information content (AvgIpc) is 3.33. The first-order chi connectivity index (χ1) is 12.2. The highest BCUT2D eigenvalue weighted by Gasteiger charge is 2.45. The number of carbonyl (C=O) groups is 1. The molecular weight excluding hydrogens is 312 g/mol. The third-order valence-electron chi connectivity index (χ3n) is 4.73. The third-order valence-corrected chi connectivity index (χ3v) is 4.73. The SMILES string of the molecule is CN(Cc1cc(-c2ccccc2)no1)C(=O)[C@@H]1C[C@H]1c1ccccc1. The van der Waals surface area contributed by atoms with E-state index in [4.69, 9.17) is 4.52 Å². The molecule has 2 atom stereocenters. The van der Waals surface area contributed by atoms with Crippen molar-refractivity contribution in [2.24, 2.45) is 5.92 Å². The monoisotopic (exact) mass is 332 g/mol. The van der Waals surface area contributed by atoms with Gasteiger partial charge in [0.25, 0.3) is 0 Å². The summed E-state index contributed by atoms with van der Waals surface area (Å²) in [5.41, 5.74) is 3.06. The zero-order chi connectivity index (χ0) is 17.2. The van der Waals surface area contributed by atoms with Gasteiger partial charge in [-0.05, 0) is 17.9 Å². The second kappa shape index (κ2) is 6.55. The molecule has 4 rings (SSSR count). The van der Waals surface area contributed by atoms with Gasteiger partial charge in [0, 0.05) is 24.6 Å². The van der Waals surface area contributed by atoms with Gasteiger partial charge in [-0.1, -0.05) is 65.8 Å². The normalized spacial score (nSPS) is 18.8. The highest BCUT2D eigenvalue weighted by Crippen LogP contribution is 2.48. The Labute approximate surface area is 147 Å². The van der Waals surface area contributed by atoms with Crippen molar-refractivity contribution in [2.45, 2.75) is 18.9 Å². The molecule has 126 valence electrons. The molecule has 0 spiro atoms. The van der Waals surface area contributed by atoms with Crippen molar-refractivity contribution < 1.29 is 9.32 Å². The maximum atomic E-state index is 12.6. The molecule has 1 aromatic heterocycles. The maximum Gasteiger partial charge on any atom is 0.226 e. The van der Waals surface area contributed by atoms with E-state index in [1.807, 2.05) is 61.6 Å². The van der Waals surface area contributed by atoms with Crippen molar-refractivity contribution >= 4 is 5.91 Å². The van der Waals surface area contributed by atoms with Gasteiger partial charge in [-0.15, -0.1) is 0 Å². The lowest BCUT2D eigenvalue weighted by atomic mass is 10.1. The highest BCUT2D eigenvalue weighted by atomic mass is 16.5. The molecule has 1 heterocycles. The molecule has 0 aliphatic heterocycles. The van der Waals surface area contributed by atoms with Crippen molar-refractivity contribution in [3.63, 3.8) is 0 Å². The van der Waals surface area contributed by atoms with Crippen LogP contribution in [0.2, 0.25) is 0 Å². The summed E-state index contributed by atoms with van der Waals surface area (Å²) in [5.74, 6) is 1.31. The molecule has 2 aromatic carbocycles. The maximum absolute atomic E-state index is 12.6. The van der Waals surface area contributed by atoms with E-state index in [1.54, 1.807) is 4.90 Å². The average molecular weight is 332 g/mol. The molecule has 3 aromatic rings. The highest BCUT2D eigenvalue weighted by molar-refractivity contribution is 5.82. The molecule has 1 aliphatic carbocycles. The molecule has 0 radical (unpaired) electrons. The van der Waals surface area contributed by atoms with Crippen LogP contribution < -0.4 is 0 Å². The van der Waals surface area contributed by atoms with Crippen LogP contribution in [0.5, 0.6) is 0 Å². The molecule has 0 N–H and O–H groups in total. The summed E-state index contributed by atoms with van der Waals surface area (Å²) in [5, 5.41) is 4.11. The zero-order valence-electron chi connectivity index (χ0n) is 14.1. The first kappa shape index (κ1) is 15.6.